The van der Waals surface area contributed by atoms with Gasteiger partial charge in [-0.25, -0.2) is 9.38 Å². The third kappa shape index (κ3) is 5.28. The van der Waals surface area contributed by atoms with Gasteiger partial charge in [0.2, 0.25) is 5.91 Å². The molecule has 0 aliphatic carbocycles. The van der Waals surface area contributed by atoms with Crippen LogP contribution >= 0.6 is 23.1 Å². The van der Waals surface area contributed by atoms with Crippen LogP contribution in [0.5, 0.6) is 0 Å². The smallest absolute Gasteiger partial charge is 0.283 e. The second-order valence-corrected chi connectivity index (χ2v) is 8.53. The van der Waals surface area contributed by atoms with E-state index >= 15 is 0 Å². The number of rotatable bonds is 6. The molecule has 0 bridgehead atoms. The molecule has 3 aromatic rings. The molecule has 1 aliphatic rings. The summed E-state index contributed by atoms with van der Waals surface area (Å²) in [5, 5.41) is 5.19. The molecule has 8 heteroatoms. The number of hydrogen-bond donors (Lipinski definition) is 1. The third-order valence-electron chi connectivity index (χ3n) is 4.40. The van der Waals surface area contributed by atoms with Gasteiger partial charge in [0.25, 0.3) is 5.91 Å². The Hall–Kier alpha value is -3.23. The summed E-state index contributed by atoms with van der Waals surface area (Å²) in [6.07, 6.45) is 1.76. The first-order valence-corrected chi connectivity index (χ1v) is 11.3. The van der Waals surface area contributed by atoms with Gasteiger partial charge in [-0.05, 0) is 47.4 Å². The summed E-state index contributed by atoms with van der Waals surface area (Å²) in [5.74, 6) is -0.646. The van der Waals surface area contributed by atoms with Crippen LogP contribution in [0, 0.1) is 5.82 Å². The number of thiophene rings is 1. The third-order valence-corrected chi connectivity index (χ3v) is 6.16. The van der Waals surface area contributed by atoms with E-state index in [1.54, 1.807) is 18.2 Å². The number of carbonyl (C=O) groups excluding carboxylic acids is 2. The summed E-state index contributed by atoms with van der Waals surface area (Å²) >= 11 is 2.72. The molecule has 2 aromatic carbocycles. The van der Waals surface area contributed by atoms with Gasteiger partial charge in [0.05, 0.1) is 11.4 Å². The minimum absolute atomic E-state index is 0.100. The van der Waals surface area contributed by atoms with Crippen molar-refractivity contribution in [2.24, 2.45) is 4.99 Å². The number of hydrogen-bond acceptors (Lipinski definition) is 5. The van der Waals surface area contributed by atoms with Crippen molar-refractivity contribution in [1.82, 2.24) is 5.32 Å². The lowest BCUT2D eigenvalue weighted by molar-refractivity contribution is -0.118. The van der Waals surface area contributed by atoms with Gasteiger partial charge in [0.15, 0.2) is 5.17 Å². The van der Waals surface area contributed by atoms with Crippen LogP contribution in [0.2, 0.25) is 0 Å². The van der Waals surface area contributed by atoms with Crippen molar-refractivity contribution in [3.05, 3.63) is 94.1 Å². The number of nitrogens with one attached hydrogen (secondary N) is 1. The number of halogens is 1. The molecule has 31 heavy (non-hydrogen) atoms. The van der Waals surface area contributed by atoms with Gasteiger partial charge < -0.3 is 5.32 Å². The van der Waals surface area contributed by atoms with Gasteiger partial charge in [-0.15, -0.1) is 11.3 Å². The Bertz CT molecular complexity index is 1130. The number of amides is 2. The van der Waals surface area contributed by atoms with E-state index in [1.165, 1.54) is 40.1 Å². The fraction of sp³-hybridized carbons (Fsp3) is 0.0870. The molecule has 2 heterocycles. The van der Waals surface area contributed by atoms with E-state index in [-0.39, 0.29) is 23.4 Å². The molecule has 0 atom stereocenters. The average Bonchev–Trinajstić information content (AvgIpc) is 3.41. The molecular formula is C23H18FN3O2S2. The molecule has 2 amide bonds. The van der Waals surface area contributed by atoms with Crippen molar-refractivity contribution < 1.29 is 14.0 Å². The molecule has 156 valence electrons. The highest BCUT2D eigenvalue weighted by atomic mass is 32.2. The van der Waals surface area contributed by atoms with Crippen LogP contribution in [-0.4, -0.2) is 22.7 Å². The summed E-state index contributed by atoms with van der Waals surface area (Å²) in [7, 11) is 0. The van der Waals surface area contributed by atoms with Gasteiger partial charge in [-0.2, -0.15) is 0 Å². The van der Waals surface area contributed by atoms with Gasteiger partial charge in [-0.3, -0.25) is 14.5 Å². The Morgan fingerprint density at radius 1 is 1.10 bits per heavy atom. The molecule has 0 spiro atoms. The van der Waals surface area contributed by atoms with Crippen LogP contribution in [0.1, 0.15) is 10.4 Å². The summed E-state index contributed by atoms with van der Waals surface area (Å²) in [6, 6.07) is 19.0. The Morgan fingerprint density at radius 3 is 2.58 bits per heavy atom. The molecule has 0 saturated heterocycles. The number of para-hydroxylation sites is 1. The van der Waals surface area contributed by atoms with Crippen LogP contribution in [-0.2, 0) is 16.1 Å². The highest BCUT2D eigenvalue weighted by Gasteiger charge is 2.32. The van der Waals surface area contributed by atoms with Crippen molar-refractivity contribution in [2.75, 3.05) is 10.7 Å². The van der Waals surface area contributed by atoms with Crippen LogP contribution in [0.4, 0.5) is 10.1 Å². The van der Waals surface area contributed by atoms with Gasteiger partial charge in [0, 0.05) is 11.4 Å². The molecule has 0 radical (unpaired) electrons. The van der Waals surface area contributed by atoms with Crippen LogP contribution < -0.4 is 10.2 Å². The van der Waals surface area contributed by atoms with E-state index < -0.39 is 0 Å². The molecule has 1 N–H and O–H groups in total. The number of aliphatic imine (C=N–C) groups is 1. The zero-order valence-corrected chi connectivity index (χ0v) is 18.0. The van der Waals surface area contributed by atoms with Crippen LogP contribution in [0.15, 0.2) is 82.8 Å². The fourth-order valence-electron chi connectivity index (χ4n) is 2.89. The minimum Gasteiger partial charge on any atom is -0.351 e. The zero-order chi connectivity index (χ0) is 21.6. The quantitative estimate of drug-likeness (QED) is 0.554. The van der Waals surface area contributed by atoms with E-state index in [4.69, 9.17) is 0 Å². The number of benzene rings is 2. The van der Waals surface area contributed by atoms with Gasteiger partial charge in [0.1, 0.15) is 11.5 Å². The van der Waals surface area contributed by atoms with Crippen molar-refractivity contribution in [3.8, 4) is 0 Å². The van der Waals surface area contributed by atoms with Crippen molar-refractivity contribution >= 4 is 51.8 Å². The summed E-state index contributed by atoms with van der Waals surface area (Å²) in [6.45, 7) is 0.303. The molecule has 5 nitrogen and oxygen atoms in total. The monoisotopic (exact) mass is 451 g/mol. The summed E-state index contributed by atoms with van der Waals surface area (Å²) in [5.41, 5.74) is 1.83. The number of thioether (sulfide) groups is 1. The molecule has 4 rings (SSSR count). The van der Waals surface area contributed by atoms with Crippen LogP contribution in [0.25, 0.3) is 6.08 Å². The Morgan fingerprint density at radius 2 is 1.87 bits per heavy atom. The second-order valence-electron chi connectivity index (χ2n) is 6.61. The molecule has 1 aliphatic heterocycles. The Labute approximate surface area is 187 Å². The molecule has 0 fully saturated rings. The van der Waals surface area contributed by atoms with Gasteiger partial charge in [-0.1, -0.05) is 48.2 Å². The largest absolute Gasteiger partial charge is 0.351 e. The normalized spacial score (nSPS) is 14.7. The lowest BCUT2D eigenvalue weighted by atomic mass is 10.2. The van der Waals surface area contributed by atoms with Gasteiger partial charge >= 0.3 is 0 Å². The molecule has 0 saturated carbocycles. The number of carbonyl (C=O) groups is 2. The van der Waals surface area contributed by atoms with E-state index in [1.807, 2.05) is 47.8 Å². The Balaban J connectivity index is 1.46. The fourth-order valence-corrected chi connectivity index (χ4v) is 4.38. The maximum absolute atomic E-state index is 13.0. The van der Waals surface area contributed by atoms with E-state index in [9.17, 15) is 14.0 Å². The topological polar surface area (TPSA) is 61.8 Å². The van der Waals surface area contributed by atoms with Crippen molar-refractivity contribution in [1.29, 1.82) is 0 Å². The van der Waals surface area contributed by atoms with E-state index in [0.29, 0.717) is 23.1 Å². The highest BCUT2D eigenvalue weighted by Crippen LogP contribution is 2.29. The maximum Gasteiger partial charge on any atom is 0.283 e. The summed E-state index contributed by atoms with van der Waals surface area (Å²) < 4.78 is 13.0. The zero-order valence-electron chi connectivity index (χ0n) is 16.3. The maximum atomic E-state index is 13.0. The average molecular weight is 452 g/mol. The first-order chi connectivity index (χ1) is 15.1. The van der Waals surface area contributed by atoms with Crippen molar-refractivity contribution in [3.63, 3.8) is 0 Å². The molecule has 1 aromatic heterocycles. The predicted molar refractivity (Wildman–Crippen MR) is 124 cm³/mol. The lowest BCUT2D eigenvalue weighted by Gasteiger charge is -2.17. The molecular weight excluding hydrogens is 433 g/mol. The van der Waals surface area contributed by atoms with E-state index in [0.717, 1.165) is 10.4 Å². The minimum atomic E-state index is -0.318. The molecule has 0 unspecified atom stereocenters. The highest BCUT2D eigenvalue weighted by molar-refractivity contribution is 8.14. The van der Waals surface area contributed by atoms with Crippen molar-refractivity contribution in [2.45, 2.75) is 6.54 Å². The predicted octanol–water partition coefficient (Wildman–Crippen LogP) is 4.68. The number of nitrogens with zero attached hydrogens (tertiary/aromatic N) is 2. The van der Waals surface area contributed by atoms with Crippen LogP contribution in [0.3, 0.4) is 0 Å². The Kier molecular flexibility index (Phi) is 6.59. The van der Waals surface area contributed by atoms with E-state index in [2.05, 4.69) is 10.3 Å². The SMILES string of the molecule is O=C(CSC1=N/C(=C/c2cccs2)C(=O)N1c1ccccc1)NCc1ccc(F)cc1. The lowest BCUT2D eigenvalue weighted by Crippen LogP contribution is -2.32. The summed E-state index contributed by atoms with van der Waals surface area (Å²) in [4.78, 5) is 32.3. The first-order valence-electron chi connectivity index (χ1n) is 9.47. The number of amidine groups is 1. The standard InChI is InChI=1S/C23H18FN3O2S2/c24-17-10-8-16(9-11-17)14-25-21(28)15-31-23-26-20(13-19-7-4-12-30-19)22(29)27(23)18-5-2-1-3-6-18/h1-13H,14-15H2,(H,25,28)/b20-13+. The second kappa shape index (κ2) is 9.72. The first kappa shape index (κ1) is 21.0. The number of anilines is 1.